The molecule has 0 saturated carbocycles. The van der Waals surface area contributed by atoms with E-state index in [2.05, 4.69) is 5.32 Å². The highest BCUT2D eigenvalue weighted by Gasteiger charge is 2.16. The lowest BCUT2D eigenvalue weighted by Gasteiger charge is -2.17. The number of ether oxygens (including phenoxy) is 1. The van der Waals surface area contributed by atoms with E-state index in [4.69, 9.17) is 4.74 Å². The van der Waals surface area contributed by atoms with Crippen LogP contribution in [-0.4, -0.2) is 43.2 Å². The van der Waals surface area contributed by atoms with Crippen LogP contribution in [0.1, 0.15) is 35.8 Å². The third-order valence-corrected chi connectivity index (χ3v) is 5.08. The maximum atomic E-state index is 12.8. The van der Waals surface area contributed by atoms with Crippen LogP contribution in [0, 0.1) is 0 Å². The lowest BCUT2D eigenvalue weighted by molar-refractivity contribution is -0.125. The fourth-order valence-electron chi connectivity index (χ4n) is 2.43. The summed E-state index contributed by atoms with van der Waals surface area (Å²) in [5.74, 6) is 0.966. The molecule has 27 heavy (non-hydrogen) atoms. The molecule has 2 aromatic rings. The fourth-order valence-corrected chi connectivity index (χ4v) is 3.45. The van der Waals surface area contributed by atoms with Crippen molar-refractivity contribution in [3.05, 3.63) is 59.7 Å². The van der Waals surface area contributed by atoms with Gasteiger partial charge in [-0.3, -0.25) is 9.59 Å². The van der Waals surface area contributed by atoms with Gasteiger partial charge in [-0.25, -0.2) is 0 Å². The molecule has 2 rings (SSSR count). The second-order valence-electron chi connectivity index (χ2n) is 6.27. The summed E-state index contributed by atoms with van der Waals surface area (Å²) in [6.45, 7) is 4.51. The molecule has 1 unspecified atom stereocenters. The Bertz CT molecular complexity index is 775. The molecule has 0 aromatic heterocycles. The molecule has 5 nitrogen and oxygen atoms in total. The maximum absolute atomic E-state index is 12.8. The number of carbonyl (C=O) groups excluding carboxylic acids is 2. The minimum atomic E-state index is -0.156. The van der Waals surface area contributed by atoms with E-state index in [9.17, 15) is 9.59 Å². The van der Waals surface area contributed by atoms with Gasteiger partial charge in [-0.1, -0.05) is 24.3 Å². The van der Waals surface area contributed by atoms with Crippen molar-refractivity contribution in [2.24, 2.45) is 0 Å². The van der Waals surface area contributed by atoms with Crippen LogP contribution < -0.4 is 10.1 Å². The minimum Gasteiger partial charge on any atom is -0.494 e. The lowest BCUT2D eigenvalue weighted by Crippen LogP contribution is -2.27. The first-order chi connectivity index (χ1) is 12.9. The van der Waals surface area contributed by atoms with Gasteiger partial charge in [0.1, 0.15) is 5.75 Å². The van der Waals surface area contributed by atoms with E-state index in [0.29, 0.717) is 17.9 Å². The summed E-state index contributed by atoms with van der Waals surface area (Å²) in [7, 11) is 3.44. The van der Waals surface area contributed by atoms with Crippen LogP contribution in [0.15, 0.2) is 53.4 Å². The number of carbonyl (C=O) groups is 2. The van der Waals surface area contributed by atoms with Crippen LogP contribution in [-0.2, 0) is 4.79 Å². The van der Waals surface area contributed by atoms with Gasteiger partial charge < -0.3 is 15.0 Å². The largest absolute Gasteiger partial charge is 0.494 e. The second-order valence-corrected chi connectivity index (χ2v) is 7.29. The molecule has 1 N–H and O–H groups in total. The van der Waals surface area contributed by atoms with Crippen LogP contribution in [0.2, 0.25) is 0 Å². The number of amides is 2. The average molecular weight is 387 g/mol. The number of hydrogen-bond acceptors (Lipinski definition) is 4. The van der Waals surface area contributed by atoms with Gasteiger partial charge in [0.25, 0.3) is 5.91 Å². The highest BCUT2D eigenvalue weighted by Crippen LogP contribution is 2.24. The molecule has 2 aromatic carbocycles. The van der Waals surface area contributed by atoms with Crippen molar-refractivity contribution in [1.29, 1.82) is 0 Å². The first-order valence-electron chi connectivity index (χ1n) is 8.88. The number of nitrogens with zero attached hydrogens (tertiary/aromatic N) is 1. The summed E-state index contributed by atoms with van der Waals surface area (Å²) in [5, 5.41) is 3.03. The zero-order valence-electron chi connectivity index (χ0n) is 16.2. The van der Waals surface area contributed by atoms with E-state index < -0.39 is 0 Å². The Morgan fingerprint density at radius 2 is 1.78 bits per heavy atom. The molecule has 0 aliphatic heterocycles. The SMILES string of the molecule is CCOc1ccc(C(C)NC(=O)c2ccccc2SCC(=O)N(C)C)cc1. The van der Waals surface area contributed by atoms with Gasteiger partial charge in [-0.2, -0.15) is 0 Å². The molecular weight excluding hydrogens is 360 g/mol. The van der Waals surface area contributed by atoms with Gasteiger partial charge in [0.2, 0.25) is 5.91 Å². The maximum Gasteiger partial charge on any atom is 0.252 e. The Morgan fingerprint density at radius 3 is 2.41 bits per heavy atom. The molecule has 0 saturated heterocycles. The molecule has 0 spiro atoms. The molecule has 0 aliphatic carbocycles. The molecule has 0 aliphatic rings. The molecule has 0 bridgehead atoms. The summed E-state index contributed by atoms with van der Waals surface area (Å²) in [4.78, 5) is 26.9. The Balaban J connectivity index is 2.05. The molecule has 1 atom stereocenters. The van der Waals surface area contributed by atoms with Gasteiger partial charge >= 0.3 is 0 Å². The number of thioether (sulfide) groups is 1. The molecule has 2 amide bonds. The minimum absolute atomic E-state index is 0.0120. The summed E-state index contributed by atoms with van der Waals surface area (Å²) < 4.78 is 5.45. The zero-order chi connectivity index (χ0) is 19.8. The molecule has 144 valence electrons. The van der Waals surface area contributed by atoms with Crippen molar-refractivity contribution < 1.29 is 14.3 Å². The Morgan fingerprint density at radius 1 is 1.11 bits per heavy atom. The van der Waals surface area contributed by atoms with E-state index in [1.807, 2.05) is 56.3 Å². The predicted octanol–water partition coefficient (Wildman–Crippen LogP) is 3.76. The fraction of sp³-hybridized carbons (Fsp3) is 0.333. The van der Waals surface area contributed by atoms with E-state index in [-0.39, 0.29) is 17.9 Å². The predicted molar refractivity (Wildman–Crippen MR) is 109 cm³/mol. The van der Waals surface area contributed by atoms with Crippen molar-refractivity contribution in [2.45, 2.75) is 24.8 Å². The normalized spacial score (nSPS) is 11.6. The summed E-state index contributed by atoms with van der Waals surface area (Å²) in [6, 6.07) is 14.9. The summed E-state index contributed by atoms with van der Waals surface area (Å²) in [6.07, 6.45) is 0. The quantitative estimate of drug-likeness (QED) is 0.702. The van der Waals surface area contributed by atoms with Gasteiger partial charge in [0.05, 0.1) is 24.0 Å². The molecule has 6 heteroatoms. The second kappa shape index (κ2) is 10.0. The van der Waals surface area contributed by atoms with Crippen LogP contribution in [0.4, 0.5) is 0 Å². The monoisotopic (exact) mass is 386 g/mol. The van der Waals surface area contributed by atoms with Crippen LogP contribution in [0.3, 0.4) is 0 Å². The smallest absolute Gasteiger partial charge is 0.252 e. The number of rotatable bonds is 8. The van der Waals surface area contributed by atoms with Crippen LogP contribution in [0.5, 0.6) is 5.75 Å². The van der Waals surface area contributed by atoms with Crippen molar-refractivity contribution in [2.75, 3.05) is 26.5 Å². The lowest BCUT2D eigenvalue weighted by atomic mass is 10.1. The van der Waals surface area contributed by atoms with Crippen LogP contribution in [0.25, 0.3) is 0 Å². The standard InChI is InChI=1S/C21H26N2O3S/c1-5-26-17-12-10-16(11-13-17)15(2)22-21(25)18-8-6-7-9-19(18)27-14-20(24)23(3)4/h6-13,15H,5,14H2,1-4H3,(H,22,25). The third-order valence-electron chi connectivity index (χ3n) is 4.02. The van der Waals surface area contributed by atoms with Crippen molar-refractivity contribution in [3.8, 4) is 5.75 Å². The summed E-state index contributed by atoms with van der Waals surface area (Å²) in [5.41, 5.74) is 1.58. The first-order valence-corrected chi connectivity index (χ1v) is 9.86. The number of nitrogens with one attached hydrogen (secondary N) is 1. The van der Waals surface area contributed by atoms with Gasteiger partial charge in [-0.15, -0.1) is 11.8 Å². The van der Waals surface area contributed by atoms with E-state index in [0.717, 1.165) is 16.2 Å². The van der Waals surface area contributed by atoms with Gasteiger partial charge in [0.15, 0.2) is 0 Å². The third kappa shape index (κ3) is 6.03. The highest BCUT2D eigenvalue weighted by atomic mass is 32.2. The molecule has 0 heterocycles. The topological polar surface area (TPSA) is 58.6 Å². The molecule has 0 fully saturated rings. The number of benzene rings is 2. The van der Waals surface area contributed by atoms with Crippen molar-refractivity contribution in [1.82, 2.24) is 10.2 Å². The van der Waals surface area contributed by atoms with Crippen molar-refractivity contribution in [3.63, 3.8) is 0 Å². The highest BCUT2D eigenvalue weighted by molar-refractivity contribution is 8.00. The molecule has 0 radical (unpaired) electrons. The van der Waals surface area contributed by atoms with E-state index in [1.165, 1.54) is 11.8 Å². The Labute approximate surface area is 165 Å². The van der Waals surface area contributed by atoms with Gasteiger partial charge in [0, 0.05) is 19.0 Å². The van der Waals surface area contributed by atoms with Gasteiger partial charge in [-0.05, 0) is 43.7 Å². The van der Waals surface area contributed by atoms with E-state index >= 15 is 0 Å². The Hall–Kier alpha value is -2.47. The Kier molecular flexibility index (Phi) is 7.73. The van der Waals surface area contributed by atoms with E-state index in [1.54, 1.807) is 25.1 Å². The number of hydrogen-bond donors (Lipinski definition) is 1. The summed E-state index contributed by atoms with van der Waals surface area (Å²) >= 11 is 1.37. The zero-order valence-corrected chi connectivity index (χ0v) is 17.0. The van der Waals surface area contributed by atoms with Crippen molar-refractivity contribution >= 4 is 23.6 Å². The van der Waals surface area contributed by atoms with Crippen LogP contribution >= 0.6 is 11.8 Å². The first kappa shape index (κ1) is 20.8. The average Bonchev–Trinajstić information content (AvgIpc) is 2.66. The molecular formula is C21H26N2O3S.